The van der Waals surface area contributed by atoms with E-state index in [0.717, 1.165) is 6.92 Å². The highest BCUT2D eigenvalue weighted by molar-refractivity contribution is 5.96. The molecule has 2 aliphatic heterocycles. The van der Waals surface area contributed by atoms with Gasteiger partial charge in [-0.25, -0.2) is 19.2 Å². The fraction of sp³-hybridized carbons (Fsp3) is 0.608. The number of fused-ring (bicyclic) bond motifs is 5. The molecular weight excluding hydrogens is 963 g/mol. The quantitative estimate of drug-likeness (QED) is 0.0775. The van der Waals surface area contributed by atoms with Gasteiger partial charge in [0.25, 0.3) is 0 Å². The predicted molar refractivity (Wildman–Crippen MR) is 247 cm³/mol. The summed E-state index contributed by atoms with van der Waals surface area (Å²) in [5.41, 5.74) is -9.64. The van der Waals surface area contributed by atoms with Gasteiger partial charge in [-0.1, -0.05) is 62.4 Å². The second kappa shape index (κ2) is 20.7. The second-order valence-corrected chi connectivity index (χ2v) is 21.0. The van der Waals surface area contributed by atoms with Crippen molar-refractivity contribution in [3.63, 3.8) is 0 Å². The van der Waals surface area contributed by atoms with Gasteiger partial charge in [0.2, 0.25) is 0 Å². The average molecular weight is 1030 g/mol. The number of alkyl carbamates (subject to hydrolysis) is 1. The standard InChI is InChI=1S/C51H65NO21/c1-24-28(68-44(63)36(58)34(26-15-11-9-12-16-26)52-46(64)73-47(3,4)5)20-51(65)42(71-43(62)27-17-13-10-14-18-27)40-49(8,30(55)19-31-50(40,23-67-31)72-25(2)54)41(61)39(33(24)48(51,6)7)70-32(56)22-66-45-38(60)37(59)35(57)29(21-53)69-45/h9-18,28-31,34-40,42,45,53,55,57-60,65H,19-23H2,1-8H3,(H,52,64)/t28-,29-,30-,31+,34-,35+,36+,37+,38-,39+,40-,42-,45?,49+,50-,51+/m0/s1. The summed E-state index contributed by atoms with van der Waals surface area (Å²) in [6, 6.07) is 14.0. The Morgan fingerprint density at radius 2 is 1.52 bits per heavy atom. The Hall–Kier alpha value is -5.40. The van der Waals surface area contributed by atoms with E-state index in [1.165, 1.54) is 52.0 Å². The second-order valence-electron chi connectivity index (χ2n) is 21.0. The lowest BCUT2D eigenvalue weighted by molar-refractivity contribution is -0.346. The molecule has 1 unspecified atom stereocenters. The lowest BCUT2D eigenvalue weighted by Gasteiger charge is -2.67. The van der Waals surface area contributed by atoms with Gasteiger partial charge < -0.3 is 79.0 Å². The van der Waals surface area contributed by atoms with Crippen LogP contribution in [0.2, 0.25) is 0 Å². The van der Waals surface area contributed by atoms with Crippen molar-refractivity contribution in [2.24, 2.45) is 16.7 Å². The smallest absolute Gasteiger partial charge is 0.408 e. The maximum Gasteiger partial charge on any atom is 0.408 e. The highest BCUT2D eigenvalue weighted by Crippen LogP contribution is 2.64. The number of amides is 1. The number of esters is 4. The van der Waals surface area contributed by atoms with Gasteiger partial charge in [-0.2, -0.15) is 0 Å². The molecule has 0 aromatic heterocycles. The third-order valence-corrected chi connectivity index (χ3v) is 15.0. The third-order valence-electron chi connectivity index (χ3n) is 15.0. The Bertz CT molecular complexity index is 2440. The summed E-state index contributed by atoms with van der Waals surface area (Å²) in [7, 11) is 0. The zero-order valence-corrected chi connectivity index (χ0v) is 41.7. The monoisotopic (exact) mass is 1030 g/mol. The van der Waals surface area contributed by atoms with Crippen LogP contribution in [-0.4, -0.2) is 175 Å². The van der Waals surface area contributed by atoms with Gasteiger partial charge in [0.15, 0.2) is 29.9 Å². The number of hydrogen-bond acceptors (Lipinski definition) is 21. The minimum atomic E-state index is -2.58. The van der Waals surface area contributed by atoms with E-state index < -0.39 is 169 Å². The molecule has 8 N–H and O–H groups in total. The number of Topliss-reactive ketones (excluding diaryl/α,β-unsaturated/α-hetero) is 1. The van der Waals surface area contributed by atoms with Gasteiger partial charge in [0.05, 0.1) is 42.3 Å². The molecule has 2 aromatic rings. The topological polar surface area (TPSA) is 330 Å². The number of carbonyl (C=O) groups excluding carboxylic acids is 6. The summed E-state index contributed by atoms with van der Waals surface area (Å²) in [5.74, 6) is -7.39. The maximum atomic E-state index is 16.0. The molecule has 2 saturated carbocycles. The number of nitrogens with one attached hydrogen (secondary N) is 1. The van der Waals surface area contributed by atoms with Crippen molar-refractivity contribution in [1.82, 2.24) is 5.32 Å². The van der Waals surface area contributed by atoms with Crippen molar-refractivity contribution in [3.8, 4) is 0 Å². The number of rotatable bonds is 13. The molecule has 0 radical (unpaired) electrons. The fourth-order valence-electron chi connectivity index (χ4n) is 11.2. The molecule has 16 atom stereocenters. The molecule has 73 heavy (non-hydrogen) atoms. The number of benzene rings is 2. The molecule has 22 heteroatoms. The molecule has 400 valence electrons. The van der Waals surface area contributed by atoms with E-state index in [1.54, 1.807) is 57.2 Å². The van der Waals surface area contributed by atoms with Gasteiger partial charge in [0.1, 0.15) is 60.5 Å². The van der Waals surface area contributed by atoms with E-state index in [2.05, 4.69) is 5.32 Å². The molecule has 0 spiro atoms. The Kier molecular flexibility index (Phi) is 15.7. The van der Waals surface area contributed by atoms with Crippen molar-refractivity contribution in [2.75, 3.05) is 19.8 Å². The molecule has 2 aromatic carbocycles. The third kappa shape index (κ3) is 10.1. The highest BCUT2D eigenvalue weighted by Gasteiger charge is 2.78. The molecule has 1 amide bonds. The Morgan fingerprint density at radius 1 is 0.890 bits per heavy atom. The molecule has 5 aliphatic rings. The number of carbonyl (C=O) groups is 6. The first-order valence-electron chi connectivity index (χ1n) is 23.9. The minimum absolute atomic E-state index is 0.00683. The first-order chi connectivity index (χ1) is 34.1. The maximum absolute atomic E-state index is 16.0. The van der Waals surface area contributed by atoms with Crippen LogP contribution in [0.25, 0.3) is 0 Å². The van der Waals surface area contributed by atoms with Crippen molar-refractivity contribution in [3.05, 3.63) is 82.9 Å². The van der Waals surface area contributed by atoms with Gasteiger partial charge in [-0.15, -0.1) is 0 Å². The normalized spacial score (nSPS) is 35.5. The summed E-state index contributed by atoms with van der Waals surface area (Å²) in [5, 5.41) is 81.6. The van der Waals surface area contributed by atoms with Crippen LogP contribution in [0.5, 0.6) is 0 Å². The Labute approximate surface area is 420 Å². The van der Waals surface area contributed by atoms with Gasteiger partial charge in [-0.3, -0.25) is 9.59 Å². The molecule has 22 nitrogen and oxygen atoms in total. The van der Waals surface area contributed by atoms with Crippen molar-refractivity contribution in [2.45, 2.75) is 158 Å². The van der Waals surface area contributed by atoms with Gasteiger partial charge in [0, 0.05) is 25.2 Å². The first kappa shape index (κ1) is 55.4. The zero-order valence-electron chi connectivity index (χ0n) is 41.7. The molecule has 4 fully saturated rings. The van der Waals surface area contributed by atoms with E-state index in [1.807, 2.05) is 0 Å². The fourth-order valence-corrected chi connectivity index (χ4v) is 11.2. The summed E-state index contributed by atoms with van der Waals surface area (Å²) >= 11 is 0. The largest absolute Gasteiger partial charge is 0.456 e. The molecule has 2 saturated heterocycles. The number of aliphatic hydroxyl groups is 7. The number of aliphatic hydroxyl groups excluding tert-OH is 6. The number of ketones is 1. The first-order valence-corrected chi connectivity index (χ1v) is 23.9. The van der Waals surface area contributed by atoms with E-state index in [4.69, 9.17) is 37.9 Å². The Morgan fingerprint density at radius 3 is 2.10 bits per heavy atom. The predicted octanol–water partition coefficient (Wildman–Crippen LogP) is 0.627. The van der Waals surface area contributed by atoms with E-state index in [-0.39, 0.29) is 28.7 Å². The summed E-state index contributed by atoms with van der Waals surface area (Å²) < 4.78 is 46.8. The van der Waals surface area contributed by atoms with Gasteiger partial charge >= 0.3 is 30.0 Å². The summed E-state index contributed by atoms with van der Waals surface area (Å²) in [6.07, 6.45) is -21.8. The molecule has 7 rings (SSSR count). The van der Waals surface area contributed by atoms with E-state index in [9.17, 15) is 59.7 Å². The van der Waals surface area contributed by atoms with Crippen LogP contribution in [0.3, 0.4) is 0 Å². The van der Waals surface area contributed by atoms with Crippen LogP contribution >= 0.6 is 0 Å². The summed E-state index contributed by atoms with van der Waals surface area (Å²) in [4.78, 5) is 85.4. The van der Waals surface area contributed by atoms with Crippen LogP contribution in [0.1, 0.15) is 90.2 Å². The molecular formula is C51H65NO21. The van der Waals surface area contributed by atoms with E-state index in [0.29, 0.717) is 0 Å². The van der Waals surface area contributed by atoms with Crippen LogP contribution < -0.4 is 5.32 Å². The van der Waals surface area contributed by atoms with Crippen LogP contribution in [0.15, 0.2) is 71.8 Å². The highest BCUT2D eigenvalue weighted by atomic mass is 16.7. The molecule has 3 aliphatic carbocycles. The average Bonchev–Trinajstić information content (AvgIpc) is 3.32. The molecule has 2 heterocycles. The van der Waals surface area contributed by atoms with Crippen LogP contribution in [0.4, 0.5) is 4.79 Å². The minimum Gasteiger partial charge on any atom is -0.456 e. The molecule has 2 bridgehead atoms. The van der Waals surface area contributed by atoms with Crippen molar-refractivity contribution in [1.29, 1.82) is 0 Å². The van der Waals surface area contributed by atoms with Crippen LogP contribution in [-0.2, 0) is 57.1 Å². The number of ether oxygens (including phenoxy) is 8. The van der Waals surface area contributed by atoms with Crippen LogP contribution in [0, 0.1) is 16.7 Å². The lowest BCUT2D eigenvalue weighted by atomic mass is 9.44. The lowest BCUT2D eigenvalue weighted by Crippen LogP contribution is -2.82. The zero-order chi connectivity index (χ0) is 53.7. The SMILES string of the molecule is CC(=O)O[C@@]12CO[C@@H]1C[C@H](O)[C@@]1(C)C(=O)[C@H](OC(=O)COC3O[C@@H](CO)[C@@H](O)[C@@H](O)[C@@H]3O)C3=C(C)[C@@H](OC(=O)[C@H](O)[C@@H](NC(=O)OC(C)(C)C)c4ccccc4)C[C@@](O)([C@@H](OC(=O)c4ccccc4)[C@H]21)C3(C)C. The Balaban J connectivity index is 1.38. The van der Waals surface area contributed by atoms with Crippen molar-refractivity contribution >= 4 is 35.8 Å². The van der Waals surface area contributed by atoms with Gasteiger partial charge in [-0.05, 0) is 63.5 Å². The summed E-state index contributed by atoms with van der Waals surface area (Å²) in [6.45, 7) is 9.15. The van der Waals surface area contributed by atoms with E-state index >= 15 is 4.79 Å². The van der Waals surface area contributed by atoms with Crippen molar-refractivity contribution < 1.29 is 102 Å². The number of hydrogen-bond donors (Lipinski definition) is 8.